The van der Waals surface area contributed by atoms with Crippen molar-refractivity contribution in [3.05, 3.63) is 36.3 Å². The van der Waals surface area contributed by atoms with Crippen molar-refractivity contribution in [3.8, 4) is 0 Å². The molecule has 0 atom stereocenters. The SMILES string of the molecule is CCNC(=NCc1nncn1CC)N1CCN(C(=O)c2ccco2)CC1. The molecule has 2 aromatic rings. The van der Waals surface area contributed by atoms with Gasteiger partial charge in [-0.15, -0.1) is 10.2 Å². The second kappa shape index (κ2) is 8.50. The molecule has 1 amide bonds. The Labute approximate surface area is 152 Å². The van der Waals surface area contributed by atoms with Crippen molar-refractivity contribution in [3.63, 3.8) is 0 Å². The van der Waals surface area contributed by atoms with Gasteiger partial charge in [0, 0.05) is 39.3 Å². The van der Waals surface area contributed by atoms with Crippen LogP contribution in [0.5, 0.6) is 0 Å². The highest BCUT2D eigenvalue weighted by atomic mass is 16.3. The van der Waals surface area contributed by atoms with E-state index in [4.69, 9.17) is 9.41 Å². The Hall–Kier alpha value is -2.84. The minimum Gasteiger partial charge on any atom is -0.459 e. The van der Waals surface area contributed by atoms with E-state index in [2.05, 4.69) is 27.3 Å². The standard InChI is InChI=1S/C17H25N7O2/c1-3-18-17(19-12-15-21-20-13-22(15)4-2)24-9-7-23(8-10-24)16(25)14-6-5-11-26-14/h5-6,11,13H,3-4,7-10,12H2,1-2H3,(H,18,19). The van der Waals surface area contributed by atoms with Crippen LogP contribution < -0.4 is 5.32 Å². The molecule has 3 rings (SSSR count). The second-order valence-corrected chi connectivity index (χ2v) is 5.96. The highest BCUT2D eigenvalue weighted by Crippen LogP contribution is 2.10. The van der Waals surface area contributed by atoms with Gasteiger partial charge in [0.15, 0.2) is 17.5 Å². The third-order valence-corrected chi connectivity index (χ3v) is 4.34. The first-order valence-corrected chi connectivity index (χ1v) is 8.95. The van der Waals surface area contributed by atoms with Crippen LogP contribution in [0.25, 0.3) is 0 Å². The van der Waals surface area contributed by atoms with E-state index in [1.807, 2.05) is 16.4 Å². The highest BCUT2D eigenvalue weighted by Gasteiger charge is 2.25. The minimum absolute atomic E-state index is 0.0624. The van der Waals surface area contributed by atoms with Crippen LogP contribution in [-0.2, 0) is 13.1 Å². The molecule has 1 aliphatic heterocycles. The zero-order valence-corrected chi connectivity index (χ0v) is 15.3. The van der Waals surface area contributed by atoms with Gasteiger partial charge in [0.2, 0.25) is 0 Å². The van der Waals surface area contributed by atoms with Gasteiger partial charge in [0.05, 0.1) is 6.26 Å². The van der Waals surface area contributed by atoms with E-state index in [9.17, 15) is 4.79 Å². The Kier molecular flexibility index (Phi) is 5.88. The zero-order valence-electron chi connectivity index (χ0n) is 15.3. The van der Waals surface area contributed by atoms with E-state index >= 15 is 0 Å². The molecule has 0 saturated carbocycles. The first-order chi connectivity index (χ1) is 12.7. The largest absolute Gasteiger partial charge is 0.459 e. The molecule has 3 heterocycles. The molecule has 1 N–H and O–H groups in total. The van der Waals surface area contributed by atoms with E-state index in [1.54, 1.807) is 18.5 Å². The molecule has 1 saturated heterocycles. The number of furan rings is 1. The molecule has 26 heavy (non-hydrogen) atoms. The van der Waals surface area contributed by atoms with Crippen molar-refractivity contribution in [2.24, 2.45) is 4.99 Å². The fraction of sp³-hybridized carbons (Fsp3) is 0.529. The maximum Gasteiger partial charge on any atom is 0.289 e. The summed E-state index contributed by atoms with van der Waals surface area (Å²) in [4.78, 5) is 21.0. The molecule has 0 radical (unpaired) electrons. The van der Waals surface area contributed by atoms with E-state index in [-0.39, 0.29) is 5.91 Å². The number of carbonyl (C=O) groups excluding carboxylic acids is 1. The Morgan fingerprint density at radius 1 is 1.27 bits per heavy atom. The van der Waals surface area contributed by atoms with Gasteiger partial charge in [-0.05, 0) is 26.0 Å². The van der Waals surface area contributed by atoms with Crippen LogP contribution in [0.2, 0.25) is 0 Å². The van der Waals surface area contributed by atoms with Gasteiger partial charge in [-0.1, -0.05) is 0 Å². The number of amides is 1. The number of aryl methyl sites for hydroxylation is 1. The van der Waals surface area contributed by atoms with E-state index in [0.717, 1.165) is 38.0 Å². The van der Waals surface area contributed by atoms with Crippen LogP contribution in [-0.4, -0.2) is 69.2 Å². The lowest BCUT2D eigenvalue weighted by Crippen LogP contribution is -2.53. The number of carbonyl (C=O) groups is 1. The van der Waals surface area contributed by atoms with Crippen LogP contribution in [0.15, 0.2) is 34.1 Å². The van der Waals surface area contributed by atoms with Crippen LogP contribution in [0.4, 0.5) is 0 Å². The summed E-state index contributed by atoms with van der Waals surface area (Å²) in [6.07, 6.45) is 3.24. The molecule has 9 heteroatoms. The number of nitrogens with one attached hydrogen (secondary N) is 1. The van der Waals surface area contributed by atoms with Crippen molar-refractivity contribution in [2.75, 3.05) is 32.7 Å². The number of hydrogen-bond acceptors (Lipinski definition) is 5. The summed E-state index contributed by atoms with van der Waals surface area (Å²) in [5.74, 6) is 2.00. The van der Waals surface area contributed by atoms with Crippen LogP contribution in [0.3, 0.4) is 0 Å². The Morgan fingerprint density at radius 2 is 2.04 bits per heavy atom. The summed E-state index contributed by atoms with van der Waals surface area (Å²) >= 11 is 0. The molecular weight excluding hydrogens is 334 g/mol. The smallest absolute Gasteiger partial charge is 0.289 e. The third kappa shape index (κ3) is 4.04. The van der Waals surface area contributed by atoms with Gasteiger partial charge in [0.25, 0.3) is 5.91 Å². The molecule has 0 bridgehead atoms. The summed E-state index contributed by atoms with van der Waals surface area (Å²) in [6.45, 7) is 8.88. The lowest BCUT2D eigenvalue weighted by atomic mass is 10.3. The van der Waals surface area contributed by atoms with E-state index in [1.165, 1.54) is 6.26 Å². The topological polar surface area (TPSA) is 91.8 Å². The minimum atomic E-state index is -0.0624. The zero-order chi connectivity index (χ0) is 18.4. The summed E-state index contributed by atoms with van der Waals surface area (Å²) in [5, 5.41) is 11.4. The average molecular weight is 359 g/mol. The predicted molar refractivity (Wildman–Crippen MR) is 96.7 cm³/mol. The maximum atomic E-state index is 12.4. The van der Waals surface area contributed by atoms with Gasteiger partial charge < -0.3 is 24.1 Å². The second-order valence-electron chi connectivity index (χ2n) is 5.96. The van der Waals surface area contributed by atoms with Gasteiger partial charge in [0.1, 0.15) is 12.9 Å². The fourth-order valence-corrected chi connectivity index (χ4v) is 2.91. The predicted octanol–water partition coefficient (Wildman–Crippen LogP) is 0.815. The van der Waals surface area contributed by atoms with Crippen molar-refractivity contribution in [1.82, 2.24) is 29.9 Å². The van der Waals surface area contributed by atoms with Gasteiger partial charge in [-0.3, -0.25) is 4.79 Å². The first-order valence-electron chi connectivity index (χ1n) is 8.95. The molecule has 0 aromatic carbocycles. The number of piperazine rings is 1. The molecule has 0 unspecified atom stereocenters. The monoisotopic (exact) mass is 359 g/mol. The highest BCUT2D eigenvalue weighted by molar-refractivity contribution is 5.91. The van der Waals surface area contributed by atoms with Gasteiger partial charge >= 0.3 is 0 Å². The van der Waals surface area contributed by atoms with E-state index in [0.29, 0.717) is 25.4 Å². The van der Waals surface area contributed by atoms with Crippen LogP contribution >= 0.6 is 0 Å². The van der Waals surface area contributed by atoms with Crippen molar-refractivity contribution >= 4 is 11.9 Å². The van der Waals surface area contributed by atoms with Gasteiger partial charge in [-0.2, -0.15) is 0 Å². The van der Waals surface area contributed by atoms with E-state index < -0.39 is 0 Å². The molecule has 1 fully saturated rings. The van der Waals surface area contributed by atoms with Crippen LogP contribution in [0, 0.1) is 0 Å². The molecule has 9 nitrogen and oxygen atoms in total. The number of nitrogens with zero attached hydrogens (tertiary/aromatic N) is 6. The Bertz CT molecular complexity index is 730. The summed E-state index contributed by atoms with van der Waals surface area (Å²) in [6, 6.07) is 3.43. The molecule has 2 aromatic heterocycles. The summed E-state index contributed by atoms with van der Waals surface area (Å²) in [7, 11) is 0. The lowest BCUT2D eigenvalue weighted by Gasteiger charge is -2.36. The summed E-state index contributed by atoms with van der Waals surface area (Å²) in [5.41, 5.74) is 0. The van der Waals surface area contributed by atoms with Gasteiger partial charge in [-0.25, -0.2) is 4.99 Å². The molecule has 0 spiro atoms. The number of aromatic nitrogens is 3. The average Bonchev–Trinajstić information content (AvgIpc) is 3.36. The maximum absolute atomic E-state index is 12.4. The van der Waals surface area contributed by atoms with Crippen molar-refractivity contribution in [1.29, 1.82) is 0 Å². The number of guanidine groups is 1. The molecular formula is C17H25N7O2. The molecule has 0 aliphatic carbocycles. The fourth-order valence-electron chi connectivity index (χ4n) is 2.91. The summed E-state index contributed by atoms with van der Waals surface area (Å²) < 4.78 is 7.19. The number of aliphatic imine (C=N–C) groups is 1. The quantitative estimate of drug-likeness (QED) is 0.628. The number of rotatable bonds is 5. The molecule has 1 aliphatic rings. The van der Waals surface area contributed by atoms with Crippen molar-refractivity contribution in [2.45, 2.75) is 26.9 Å². The third-order valence-electron chi connectivity index (χ3n) is 4.34. The molecule has 140 valence electrons. The van der Waals surface area contributed by atoms with Crippen molar-refractivity contribution < 1.29 is 9.21 Å². The first kappa shape index (κ1) is 18.0. The normalized spacial score (nSPS) is 15.4. The lowest BCUT2D eigenvalue weighted by molar-refractivity contribution is 0.0657. The Balaban J connectivity index is 1.61. The van der Waals surface area contributed by atoms with Crippen LogP contribution in [0.1, 0.15) is 30.2 Å². The Morgan fingerprint density at radius 3 is 2.69 bits per heavy atom. The number of hydrogen-bond donors (Lipinski definition) is 1.